The maximum atomic E-state index is 12.3. The van der Waals surface area contributed by atoms with E-state index in [0.717, 1.165) is 5.56 Å². The van der Waals surface area contributed by atoms with Crippen LogP contribution in [-0.2, 0) is 9.53 Å². The molecule has 1 atom stereocenters. The van der Waals surface area contributed by atoms with Gasteiger partial charge in [-0.3, -0.25) is 0 Å². The third kappa shape index (κ3) is 3.50. The average molecular weight is 338 g/mol. The zero-order valence-electron chi connectivity index (χ0n) is 13.9. The van der Waals surface area contributed by atoms with Crippen molar-refractivity contribution in [1.29, 1.82) is 0 Å². The molecular formula is C18H18N4O3. The summed E-state index contributed by atoms with van der Waals surface area (Å²) in [6.45, 7) is 3.65. The Labute approximate surface area is 145 Å². The van der Waals surface area contributed by atoms with Crippen molar-refractivity contribution in [2.45, 2.75) is 19.9 Å². The number of nitrogens with one attached hydrogen (secondary N) is 2. The Morgan fingerprint density at radius 3 is 2.52 bits per heavy atom. The Bertz CT molecular complexity index is 816. The molecule has 1 aliphatic heterocycles. The van der Waals surface area contributed by atoms with Crippen molar-refractivity contribution in [3.05, 3.63) is 59.6 Å². The molecule has 0 aliphatic carbocycles. The van der Waals surface area contributed by atoms with Gasteiger partial charge in [-0.1, -0.05) is 30.3 Å². The van der Waals surface area contributed by atoms with Gasteiger partial charge in [0.25, 0.3) is 0 Å². The van der Waals surface area contributed by atoms with Crippen LogP contribution in [0.5, 0.6) is 0 Å². The molecule has 2 aromatic rings. The molecule has 1 aromatic carbocycles. The fraction of sp³-hybridized carbons (Fsp3) is 0.222. The molecule has 2 N–H and O–H groups in total. The lowest BCUT2D eigenvalue weighted by Gasteiger charge is -2.27. The molecule has 0 fully saturated rings. The van der Waals surface area contributed by atoms with Crippen LogP contribution in [0, 0.1) is 0 Å². The second-order valence-electron chi connectivity index (χ2n) is 5.50. The molecule has 7 heteroatoms. The lowest BCUT2D eigenvalue weighted by molar-refractivity contribution is -0.139. The molecule has 0 unspecified atom stereocenters. The van der Waals surface area contributed by atoms with Crippen LogP contribution in [0.2, 0.25) is 0 Å². The Morgan fingerprint density at radius 2 is 1.88 bits per heavy atom. The number of esters is 1. The van der Waals surface area contributed by atoms with Gasteiger partial charge in [0.1, 0.15) is 0 Å². The van der Waals surface area contributed by atoms with Crippen LogP contribution in [0.25, 0.3) is 11.4 Å². The topological polar surface area (TPSA) is 93.2 Å². The Hall–Kier alpha value is -3.22. The molecule has 128 valence electrons. The van der Waals surface area contributed by atoms with Crippen LogP contribution in [0.3, 0.4) is 0 Å². The van der Waals surface area contributed by atoms with E-state index >= 15 is 0 Å². The van der Waals surface area contributed by atoms with E-state index in [1.807, 2.05) is 30.3 Å². The Kier molecular flexibility index (Phi) is 4.74. The number of hydrogen-bond acceptors (Lipinski definition) is 5. The highest BCUT2D eigenvalue weighted by Gasteiger charge is 2.32. The Balaban J connectivity index is 1.94. The maximum Gasteiger partial charge on any atom is 0.338 e. The molecule has 0 saturated heterocycles. The highest BCUT2D eigenvalue weighted by molar-refractivity contribution is 5.94. The second-order valence-corrected chi connectivity index (χ2v) is 5.50. The van der Waals surface area contributed by atoms with Crippen molar-refractivity contribution in [3.8, 4) is 11.4 Å². The summed E-state index contributed by atoms with van der Waals surface area (Å²) in [5, 5.41) is 5.32. The van der Waals surface area contributed by atoms with Crippen molar-refractivity contribution in [3.63, 3.8) is 0 Å². The predicted octanol–water partition coefficient (Wildman–Crippen LogP) is 2.33. The number of rotatable bonds is 4. The minimum Gasteiger partial charge on any atom is -0.463 e. The molecule has 7 nitrogen and oxygen atoms in total. The quantitative estimate of drug-likeness (QED) is 0.835. The van der Waals surface area contributed by atoms with Gasteiger partial charge in [-0.05, 0) is 13.8 Å². The molecule has 25 heavy (non-hydrogen) atoms. The number of amides is 2. The fourth-order valence-electron chi connectivity index (χ4n) is 2.65. The number of hydrogen-bond donors (Lipinski definition) is 2. The van der Waals surface area contributed by atoms with Gasteiger partial charge in [-0.15, -0.1) is 0 Å². The second kappa shape index (κ2) is 7.12. The number of aromatic nitrogens is 2. The lowest BCUT2D eigenvalue weighted by atomic mass is 9.98. The molecule has 0 spiro atoms. The van der Waals surface area contributed by atoms with E-state index in [1.165, 1.54) is 0 Å². The zero-order valence-corrected chi connectivity index (χ0v) is 13.9. The molecule has 3 rings (SSSR count). The molecule has 2 heterocycles. The summed E-state index contributed by atoms with van der Waals surface area (Å²) in [5.74, 6) is 0.0904. The molecular weight excluding hydrogens is 320 g/mol. The highest BCUT2D eigenvalue weighted by Crippen LogP contribution is 2.27. The zero-order chi connectivity index (χ0) is 17.8. The van der Waals surface area contributed by atoms with E-state index in [2.05, 4.69) is 20.6 Å². The summed E-state index contributed by atoms with van der Waals surface area (Å²) in [5.41, 5.74) is 2.30. The van der Waals surface area contributed by atoms with E-state index in [0.29, 0.717) is 22.7 Å². The minimum atomic E-state index is -0.655. The lowest BCUT2D eigenvalue weighted by Crippen LogP contribution is -2.45. The SMILES string of the molecule is CCOC(=O)C1=C(C)NC(=O)N[C@H]1c1cnc(-c2ccccc2)nc1. The first kappa shape index (κ1) is 16.6. The van der Waals surface area contributed by atoms with Gasteiger partial charge in [-0.25, -0.2) is 19.6 Å². The third-order valence-electron chi connectivity index (χ3n) is 3.80. The maximum absolute atomic E-state index is 12.3. The van der Waals surface area contributed by atoms with Crippen LogP contribution in [-0.4, -0.2) is 28.6 Å². The number of benzene rings is 1. The largest absolute Gasteiger partial charge is 0.463 e. The van der Waals surface area contributed by atoms with Crippen molar-refractivity contribution in [1.82, 2.24) is 20.6 Å². The van der Waals surface area contributed by atoms with E-state index < -0.39 is 12.0 Å². The fourth-order valence-corrected chi connectivity index (χ4v) is 2.65. The first-order valence-electron chi connectivity index (χ1n) is 7.93. The highest BCUT2D eigenvalue weighted by atomic mass is 16.5. The van der Waals surface area contributed by atoms with Crippen LogP contribution < -0.4 is 10.6 Å². The minimum absolute atomic E-state index is 0.250. The number of allylic oxidation sites excluding steroid dienone is 1. The van der Waals surface area contributed by atoms with Crippen LogP contribution in [0.1, 0.15) is 25.5 Å². The van der Waals surface area contributed by atoms with Gasteiger partial charge in [0.2, 0.25) is 0 Å². The van der Waals surface area contributed by atoms with Crippen molar-refractivity contribution in [2.75, 3.05) is 6.61 Å². The monoisotopic (exact) mass is 338 g/mol. The molecule has 0 saturated carbocycles. The summed E-state index contributed by atoms with van der Waals surface area (Å²) in [6.07, 6.45) is 3.22. The molecule has 1 aromatic heterocycles. The van der Waals surface area contributed by atoms with E-state index in [9.17, 15) is 9.59 Å². The number of carbonyl (C=O) groups is 2. The molecule has 2 amide bonds. The van der Waals surface area contributed by atoms with E-state index in [-0.39, 0.29) is 12.6 Å². The Morgan fingerprint density at radius 1 is 1.20 bits per heavy atom. The molecule has 1 aliphatic rings. The van der Waals surface area contributed by atoms with E-state index in [1.54, 1.807) is 26.2 Å². The molecule has 0 radical (unpaired) electrons. The summed E-state index contributed by atoms with van der Waals surface area (Å²) in [7, 11) is 0. The third-order valence-corrected chi connectivity index (χ3v) is 3.80. The summed E-state index contributed by atoms with van der Waals surface area (Å²) in [4.78, 5) is 32.8. The van der Waals surface area contributed by atoms with E-state index in [4.69, 9.17) is 4.74 Å². The van der Waals surface area contributed by atoms with Gasteiger partial charge < -0.3 is 15.4 Å². The van der Waals surface area contributed by atoms with Crippen molar-refractivity contribution in [2.24, 2.45) is 0 Å². The van der Waals surface area contributed by atoms with Crippen LogP contribution in [0.15, 0.2) is 54.0 Å². The summed E-state index contributed by atoms with van der Waals surface area (Å²) in [6, 6.07) is 8.52. The van der Waals surface area contributed by atoms with Crippen LogP contribution >= 0.6 is 0 Å². The molecule has 0 bridgehead atoms. The van der Waals surface area contributed by atoms with Gasteiger partial charge in [0, 0.05) is 29.2 Å². The van der Waals surface area contributed by atoms with Gasteiger partial charge in [-0.2, -0.15) is 0 Å². The smallest absolute Gasteiger partial charge is 0.338 e. The first-order valence-corrected chi connectivity index (χ1v) is 7.93. The predicted molar refractivity (Wildman–Crippen MR) is 91.2 cm³/mol. The standard InChI is InChI=1S/C18H18N4O3/c1-3-25-17(23)14-11(2)21-18(24)22-15(14)13-9-19-16(20-10-13)12-7-5-4-6-8-12/h4-10,15H,3H2,1-2H3,(H2,21,22,24)/t15-/m0/s1. The summed E-state index contributed by atoms with van der Waals surface area (Å²) < 4.78 is 5.10. The van der Waals surface area contributed by atoms with Gasteiger partial charge in [0.05, 0.1) is 18.2 Å². The van der Waals surface area contributed by atoms with Crippen LogP contribution in [0.4, 0.5) is 4.79 Å². The van der Waals surface area contributed by atoms with Gasteiger partial charge >= 0.3 is 12.0 Å². The normalized spacial score (nSPS) is 16.9. The first-order chi connectivity index (χ1) is 12.1. The number of urea groups is 1. The summed E-state index contributed by atoms with van der Waals surface area (Å²) >= 11 is 0. The number of nitrogens with zero attached hydrogens (tertiary/aromatic N) is 2. The van der Waals surface area contributed by atoms with Crippen molar-refractivity contribution >= 4 is 12.0 Å². The van der Waals surface area contributed by atoms with Gasteiger partial charge in [0.15, 0.2) is 5.82 Å². The average Bonchev–Trinajstić information content (AvgIpc) is 2.62. The number of ether oxygens (including phenoxy) is 1. The van der Waals surface area contributed by atoms with Crippen molar-refractivity contribution < 1.29 is 14.3 Å². The number of carbonyl (C=O) groups excluding carboxylic acids is 2.